The number of phenols is 1. The number of methoxy groups -OCH3 is 2. The van der Waals surface area contributed by atoms with Gasteiger partial charge in [0.15, 0.2) is 11.5 Å². The van der Waals surface area contributed by atoms with E-state index in [0.29, 0.717) is 22.0 Å². The van der Waals surface area contributed by atoms with E-state index in [1.54, 1.807) is 14.2 Å². The smallest absolute Gasteiger partial charge is 0.200 e. The van der Waals surface area contributed by atoms with Gasteiger partial charge in [0.2, 0.25) is 5.75 Å². The maximum atomic E-state index is 10.1. The molecule has 0 heterocycles. The van der Waals surface area contributed by atoms with Crippen molar-refractivity contribution in [3.05, 3.63) is 17.7 Å². The summed E-state index contributed by atoms with van der Waals surface area (Å²) in [4.78, 5) is 0. The summed E-state index contributed by atoms with van der Waals surface area (Å²) >= 11 is 5.93. The fourth-order valence-electron chi connectivity index (χ4n) is 2.35. The van der Waals surface area contributed by atoms with Gasteiger partial charge in [-0.25, -0.2) is 0 Å². The van der Waals surface area contributed by atoms with E-state index in [4.69, 9.17) is 9.47 Å². The van der Waals surface area contributed by atoms with E-state index in [0.717, 1.165) is 28.6 Å². The lowest BCUT2D eigenvalue weighted by Gasteiger charge is -2.27. The molecular formula is C17H28O3S3. The minimum Gasteiger partial charge on any atom is -0.502 e. The Hall–Kier alpha value is -0.330. The molecular weight excluding hydrogens is 348 g/mol. The summed E-state index contributed by atoms with van der Waals surface area (Å²) in [5, 5.41) is 11.0. The lowest BCUT2D eigenvalue weighted by atomic mass is 10.1. The molecule has 0 aliphatic rings. The highest BCUT2D eigenvalue weighted by Crippen LogP contribution is 2.45. The minimum atomic E-state index is 0.0710. The Labute approximate surface area is 153 Å². The number of phenolic OH excluding ortho intramolecular Hbond substituents is 1. The molecule has 3 nitrogen and oxygen atoms in total. The molecule has 0 amide bonds. The van der Waals surface area contributed by atoms with E-state index in [1.807, 2.05) is 47.4 Å². The summed E-state index contributed by atoms with van der Waals surface area (Å²) < 4.78 is 10.7. The number of rotatable bonds is 11. The molecule has 1 N–H and O–H groups in total. The van der Waals surface area contributed by atoms with Gasteiger partial charge in [-0.05, 0) is 35.0 Å². The van der Waals surface area contributed by atoms with Crippen LogP contribution in [0.15, 0.2) is 12.1 Å². The predicted molar refractivity (Wildman–Crippen MR) is 107 cm³/mol. The van der Waals surface area contributed by atoms with E-state index < -0.39 is 0 Å². The average Bonchev–Trinajstić information content (AvgIpc) is 2.57. The topological polar surface area (TPSA) is 38.7 Å². The van der Waals surface area contributed by atoms with Crippen molar-refractivity contribution in [2.75, 3.05) is 37.2 Å². The predicted octanol–water partition coefficient (Wildman–Crippen LogP) is 5.08. The Balaban J connectivity index is 3.20. The van der Waals surface area contributed by atoms with Crippen molar-refractivity contribution in [2.24, 2.45) is 0 Å². The van der Waals surface area contributed by atoms with Crippen molar-refractivity contribution in [3.8, 4) is 17.2 Å². The van der Waals surface area contributed by atoms with Gasteiger partial charge in [0, 0.05) is 16.3 Å². The molecule has 2 unspecified atom stereocenters. The summed E-state index contributed by atoms with van der Waals surface area (Å²) in [6, 6.07) is 3.90. The zero-order valence-electron chi connectivity index (χ0n) is 14.6. The third-order valence-corrected chi connectivity index (χ3v) is 7.26. The van der Waals surface area contributed by atoms with Crippen LogP contribution in [0, 0.1) is 0 Å². The Morgan fingerprint density at radius 3 is 1.96 bits per heavy atom. The van der Waals surface area contributed by atoms with Gasteiger partial charge >= 0.3 is 0 Å². The Morgan fingerprint density at radius 1 is 0.957 bits per heavy atom. The van der Waals surface area contributed by atoms with Crippen LogP contribution in [0.1, 0.15) is 31.6 Å². The first-order valence-corrected chi connectivity index (χ1v) is 11.1. The lowest BCUT2D eigenvalue weighted by Crippen LogP contribution is -2.17. The van der Waals surface area contributed by atoms with Gasteiger partial charge in [-0.15, -0.1) is 0 Å². The highest BCUT2D eigenvalue weighted by atomic mass is 32.2. The molecule has 0 radical (unpaired) electrons. The third-order valence-electron chi connectivity index (χ3n) is 3.38. The number of aromatic hydroxyl groups is 1. The molecule has 0 aliphatic heterocycles. The second-order valence-corrected chi connectivity index (χ2v) is 9.06. The molecule has 1 rings (SSSR count). The SMILES string of the molecule is CCSCC(SCC)C(SCC)c1cc(OC)c(O)c(OC)c1. The zero-order valence-corrected chi connectivity index (χ0v) is 17.1. The van der Waals surface area contributed by atoms with Crippen LogP contribution < -0.4 is 9.47 Å². The van der Waals surface area contributed by atoms with Gasteiger partial charge in [-0.2, -0.15) is 35.3 Å². The summed E-state index contributed by atoms with van der Waals surface area (Å²) in [7, 11) is 3.15. The van der Waals surface area contributed by atoms with Crippen molar-refractivity contribution in [3.63, 3.8) is 0 Å². The van der Waals surface area contributed by atoms with Crippen LogP contribution in [0.4, 0.5) is 0 Å². The molecule has 0 saturated heterocycles. The van der Waals surface area contributed by atoms with Crippen molar-refractivity contribution < 1.29 is 14.6 Å². The molecule has 0 aliphatic carbocycles. The van der Waals surface area contributed by atoms with E-state index in [1.165, 1.54) is 0 Å². The summed E-state index contributed by atoms with van der Waals surface area (Å²) in [6.45, 7) is 6.60. The molecule has 1 aromatic rings. The van der Waals surface area contributed by atoms with Crippen molar-refractivity contribution >= 4 is 35.3 Å². The van der Waals surface area contributed by atoms with Crippen LogP contribution in [0.2, 0.25) is 0 Å². The summed E-state index contributed by atoms with van der Waals surface area (Å²) in [5.74, 6) is 5.43. The standard InChI is InChI=1S/C17H28O3S3/c1-6-21-11-15(22-7-2)17(23-8-3)12-9-13(19-4)16(18)14(10-12)20-5/h9-10,15,17-18H,6-8,11H2,1-5H3. The number of benzene rings is 1. The Bertz CT molecular complexity index is 443. The maximum Gasteiger partial charge on any atom is 0.200 e. The Morgan fingerprint density at radius 2 is 1.52 bits per heavy atom. The van der Waals surface area contributed by atoms with Crippen LogP contribution in [0.5, 0.6) is 17.2 Å². The van der Waals surface area contributed by atoms with Gasteiger partial charge < -0.3 is 14.6 Å². The van der Waals surface area contributed by atoms with E-state index >= 15 is 0 Å². The van der Waals surface area contributed by atoms with Crippen LogP contribution >= 0.6 is 35.3 Å². The lowest BCUT2D eigenvalue weighted by molar-refractivity contribution is 0.339. The summed E-state index contributed by atoms with van der Waals surface area (Å²) in [5.41, 5.74) is 1.16. The van der Waals surface area contributed by atoms with E-state index in [9.17, 15) is 5.11 Å². The molecule has 0 saturated carbocycles. The van der Waals surface area contributed by atoms with Gasteiger partial charge in [0.25, 0.3) is 0 Å². The first-order valence-electron chi connectivity index (χ1n) is 7.88. The van der Waals surface area contributed by atoms with E-state index in [-0.39, 0.29) is 5.75 Å². The Kier molecular flexibility index (Phi) is 10.1. The summed E-state index contributed by atoms with van der Waals surface area (Å²) in [6.07, 6.45) is 0. The highest BCUT2D eigenvalue weighted by Gasteiger charge is 2.26. The first-order chi connectivity index (χ1) is 11.1. The fourth-order valence-corrected chi connectivity index (χ4v) is 6.03. The monoisotopic (exact) mass is 376 g/mol. The second-order valence-electron chi connectivity index (χ2n) is 4.80. The number of hydrogen-bond donors (Lipinski definition) is 1. The molecule has 6 heteroatoms. The van der Waals surface area contributed by atoms with Crippen LogP contribution in [0.3, 0.4) is 0 Å². The average molecular weight is 377 g/mol. The number of ether oxygens (including phenoxy) is 2. The molecule has 23 heavy (non-hydrogen) atoms. The largest absolute Gasteiger partial charge is 0.502 e. The van der Waals surface area contributed by atoms with Crippen LogP contribution in [-0.2, 0) is 0 Å². The van der Waals surface area contributed by atoms with E-state index in [2.05, 4.69) is 20.8 Å². The molecule has 2 atom stereocenters. The maximum absolute atomic E-state index is 10.1. The van der Waals surface area contributed by atoms with Crippen molar-refractivity contribution in [1.29, 1.82) is 0 Å². The first kappa shape index (κ1) is 20.7. The van der Waals surface area contributed by atoms with Crippen molar-refractivity contribution in [2.45, 2.75) is 31.3 Å². The van der Waals surface area contributed by atoms with Crippen molar-refractivity contribution in [1.82, 2.24) is 0 Å². The molecule has 0 aromatic heterocycles. The molecule has 1 aromatic carbocycles. The molecule has 0 spiro atoms. The third kappa shape index (κ3) is 5.91. The number of thioether (sulfide) groups is 3. The molecule has 132 valence electrons. The fraction of sp³-hybridized carbons (Fsp3) is 0.647. The van der Waals surface area contributed by atoms with Gasteiger partial charge in [0.05, 0.1) is 14.2 Å². The molecule has 0 fully saturated rings. The van der Waals surface area contributed by atoms with Crippen LogP contribution in [0.25, 0.3) is 0 Å². The van der Waals surface area contributed by atoms with Gasteiger partial charge in [-0.3, -0.25) is 0 Å². The minimum absolute atomic E-state index is 0.0710. The van der Waals surface area contributed by atoms with Crippen LogP contribution in [-0.4, -0.2) is 47.6 Å². The van der Waals surface area contributed by atoms with Gasteiger partial charge in [0.1, 0.15) is 0 Å². The second kappa shape index (κ2) is 11.3. The quantitative estimate of drug-likeness (QED) is 0.581. The molecule has 0 bridgehead atoms. The highest BCUT2D eigenvalue weighted by molar-refractivity contribution is 8.05. The normalized spacial score (nSPS) is 13.6. The number of hydrogen-bond acceptors (Lipinski definition) is 6. The van der Waals surface area contributed by atoms with Gasteiger partial charge in [-0.1, -0.05) is 20.8 Å². The zero-order chi connectivity index (χ0) is 17.2.